The van der Waals surface area contributed by atoms with Crippen LogP contribution in [-0.4, -0.2) is 94.2 Å². The molecule has 1 aliphatic carbocycles. The number of rotatable bonds is 4. The van der Waals surface area contributed by atoms with E-state index in [-0.39, 0.29) is 35.9 Å². The molecule has 5 fully saturated rings. The van der Waals surface area contributed by atoms with Crippen LogP contribution >= 0.6 is 11.6 Å². The average molecular weight is 652 g/mol. The Morgan fingerprint density at radius 3 is 2.67 bits per heavy atom. The summed E-state index contributed by atoms with van der Waals surface area (Å²) >= 11 is 7.29. The number of aryl methyl sites for hydroxylation is 1. The van der Waals surface area contributed by atoms with E-state index in [2.05, 4.69) is 39.5 Å². The van der Waals surface area contributed by atoms with Gasteiger partial charge in [0, 0.05) is 60.4 Å². The molecule has 11 nitrogen and oxygen atoms in total. The SMILES string of the molecule is Cc1cc2c(cnn2C2CCCCO2)c(-c2c(N3CCN[C@@H]4COC[C@H]43)nn(C3CC4(C3)CN(C(=O)OC(C)(C)C)C4)c2C)c1Cl. The Morgan fingerprint density at radius 2 is 1.93 bits per heavy atom. The summed E-state index contributed by atoms with van der Waals surface area (Å²) in [6.07, 6.45) is 6.82. The van der Waals surface area contributed by atoms with Crippen molar-refractivity contribution in [2.24, 2.45) is 5.41 Å². The van der Waals surface area contributed by atoms with Crippen molar-refractivity contribution in [3.8, 4) is 11.1 Å². The topological polar surface area (TPSA) is 98.9 Å². The van der Waals surface area contributed by atoms with Crippen molar-refractivity contribution < 1.29 is 19.0 Å². The molecule has 6 heterocycles. The van der Waals surface area contributed by atoms with E-state index in [4.69, 9.17) is 36.0 Å². The Kier molecular flexibility index (Phi) is 7.36. The van der Waals surface area contributed by atoms with Gasteiger partial charge in [0.1, 0.15) is 5.60 Å². The van der Waals surface area contributed by atoms with E-state index in [1.165, 1.54) is 0 Å². The van der Waals surface area contributed by atoms with Crippen LogP contribution in [0.2, 0.25) is 5.02 Å². The monoisotopic (exact) mass is 651 g/mol. The summed E-state index contributed by atoms with van der Waals surface area (Å²) in [7, 11) is 0. The first-order valence-corrected chi connectivity index (χ1v) is 17.3. The Hall–Kier alpha value is -2.86. The number of ether oxygens (including phenoxy) is 3. The van der Waals surface area contributed by atoms with E-state index in [1.807, 2.05) is 31.9 Å². The predicted octanol–water partition coefficient (Wildman–Crippen LogP) is 5.62. The molecular formula is C34H46ClN7O4. The minimum atomic E-state index is -0.489. The molecule has 3 atom stereocenters. The number of likely N-dealkylation sites (tertiary alicyclic amines) is 1. The lowest BCUT2D eigenvalue weighted by atomic mass is 9.61. The highest BCUT2D eigenvalue weighted by Crippen LogP contribution is 2.56. The number of anilines is 1. The Morgan fingerprint density at radius 1 is 1.13 bits per heavy atom. The largest absolute Gasteiger partial charge is 0.444 e. The van der Waals surface area contributed by atoms with E-state index in [9.17, 15) is 4.79 Å². The van der Waals surface area contributed by atoms with Crippen LogP contribution in [0.1, 0.15) is 76.4 Å². The summed E-state index contributed by atoms with van der Waals surface area (Å²) in [5.41, 5.74) is 4.90. The molecule has 1 aromatic carbocycles. The maximum atomic E-state index is 12.7. The quantitative estimate of drug-likeness (QED) is 0.388. The highest BCUT2D eigenvalue weighted by Gasteiger charge is 2.56. The van der Waals surface area contributed by atoms with Crippen LogP contribution in [0.15, 0.2) is 12.3 Å². The number of benzene rings is 1. The maximum Gasteiger partial charge on any atom is 0.410 e. The molecule has 1 amide bonds. The number of amides is 1. The molecular weight excluding hydrogens is 606 g/mol. The van der Waals surface area contributed by atoms with Crippen LogP contribution in [0.4, 0.5) is 10.6 Å². The summed E-state index contributed by atoms with van der Waals surface area (Å²) < 4.78 is 22.0. The second kappa shape index (κ2) is 11.1. The van der Waals surface area contributed by atoms with Gasteiger partial charge in [-0.2, -0.15) is 10.2 Å². The molecule has 1 spiro atoms. The minimum absolute atomic E-state index is 0.0681. The number of fused-ring (bicyclic) bond motifs is 2. The highest BCUT2D eigenvalue weighted by atomic mass is 35.5. The number of hydrogen-bond acceptors (Lipinski definition) is 8. The van der Waals surface area contributed by atoms with Gasteiger partial charge >= 0.3 is 6.09 Å². The van der Waals surface area contributed by atoms with Gasteiger partial charge in [0.15, 0.2) is 12.0 Å². The first-order valence-electron chi connectivity index (χ1n) is 16.9. The fraction of sp³-hybridized carbons (Fsp3) is 0.676. The number of nitrogens with zero attached hydrogens (tertiary/aromatic N) is 6. The number of carbonyl (C=O) groups is 1. The van der Waals surface area contributed by atoms with Crippen molar-refractivity contribution in [3.63, 3.8) is 0 Å². The lowest BCUT2D eigenvalue weighted by Crippen LogP contribution is -2.64. The summed E-state index contributed by atoms with van der Waals surface area (Å²) in [6.45, 7) is 15.3. The summed E-state index contributed by atoms with van der Waals surface area (Å²) in [4.78, 5) is 16.9. The molecule has 8 rings (SSSR count). The van der Waals surface area contributed by atoms with Crippen molar-refractivity contribution >= 4 is 34.4 Å². The lowest BCUT2D eigenvalue weighted by molar-refractivity contribution is -0.0930. The molecule has 3 aromatic rings. The zero-order valence-electron chi connectivity index (χ0n) is 27.6. The standard InChI is InChI=1S/C34H46ClN7O4/c1-20-12-25-23(15-37-42(25)27-8-6-7-11-45-27)29(30(20)35)28-21(2)41(38-31(28)40-10-9-36-24-16-44-17-26(24)40)22-13-34(14-22)18-39(19-34)32(43)46-33(3,4)5/h12,15,22,24,26-27,36H,6-11,13-14,16-19H2,1-5H3/t24-,26-,27?/m1/s1. The van der Waals surface area contributed by atoms with Crippen LogP contribution in [0.3, 0.4) is 0 Å². The number of aromatic nitrogens is 4. The van der Waals surface area contributed by atoms with E-state index in [0.717, 1.165) is 109 Å². The molecule has 0 radical (unpaired) electrons. The van der Waals surface area contributed by atoms with Crippen molar-refractivity contribution in [1.29, 1.82) is 0 Å². The summed E-state index contributed by atoms with van der Waals surface area (Å²) in [5.74, 6) is 0.972. The average Bonchev–Trinajstić information content (AvgIpc) is 3.70. The second-order valence-electron chi connectivity index (χ2n) is 15.2. The van der Waals surface area contributed by atoms with Crippen LogP contribution < -0.4 is 10.2 Å². The van der Waals surface area contributed by atoms with Gasteiger partial charge in [0.2, 0.25) is 0 Å². The molecule has 4 aliphatic heterocycles. The van der Waals surface area contributed by atoms with Gasteiger partial charge in [-0.3, -0.25) is 4.68 Å². The van der Waals surface area contributed by atoms with Crippen LogP contribution in [-0.2, 0) is 14.2 Å². The van der Waals surface area contributed by atoms with Gasteiger partial charge in [-0.15, -0.1) is 0 Å². The van der Waals surface area contributed by atoms with E-state index in [1.54, 1.807) is 0 Å². The molecule has 1 N–H and O–H groups in total. The van der Waals surface area contributed by atoms with Crippen LogP contribution in [0.5, 0.6) is 0 Å². The van der Waals surface area contributed by atoms with Gasteiger partial charge in [0.25, 0.3) is 0 Å². The minimum Gasteiger partial charge on any atom is -0.444 e. The molecule has 2 aromatic heterocycles. The Balaban J connectivity index is 1.17. The third-order valence-corrected chi connectivity index (χ3v) is 11.2. The maximum absolute atomic E-state index is 12.7. The smallest absolute Gasteiger partial charge is 0.410 e. The van der Waals surface area contributed by atoms with Gasteiger partial charge in [-0.1, -0.05) is 11.6 Å². The number of nitrogens with one attached hydrogen (secondary N) is 1. The van der Waals surface area contributed by atoms with Crippen molar-refractivity contribution in [2.45, 2.75) is 96.7 Å². The Bertz CT molecular complexity index is 1660. The highest BCUT2D eigenvalue weighted by molar-refractivity contribution is 6.36. The van der Waals surface area contributed by atoms with Gasteiger partial charge in [0.05, 0.1) is 48.1 Å². The second-order valence-corrected chi connectivity index (χ2v) is 15.6. The Labute approximate surface area is 275 Å². The van der Waals surface area contributed by atoms with E-state index < -0.39 is 5.60 Å². The van der Waals surface area contributed by atoms with Crippen molar-refractivity contribution in [1.82, 2.24) is 29.8 Å². The predicted molar refractivity (Wildman–Crippen MR) is 177 cm³/mol. The number of carbonyl (C=O) groups excluding carboxylic acids is 1. The van der Waals surface area contributed by atoms with Crippen molar-refractivity contribution in [3.05, 3.63) is 28.5 Å². The zero-order chi connectivity index (χ0) is 32.0. The molecule has 0 bridgehead atoms. The fourth-order valence-corrected chi connectivity index (χ4v) is 8.72. The third kappa shape index (κ3) is 5.00. The molecule has 12 heteroatoms. The number of hydrogen-bond donors (Lipinski definition) is 1. The lowest BCUT2D eigenvalue weighted by Gasteiger charge is -2.58. The zero-order valence-corrected chi connectivity index (χ0v) is 28.4. The molecule has 248 valence electrons. The van der Waals surface area contributed by atoms with Crippen molar-refractivity contribution in [2.75, 3.05) is 50.9 Å². The normalized spacial score (nSPS) is 26.3. The van der Waals surface area contributed by atoms with Gasteiger partial charge in [-0.05, 0) is 78.4 Å². The van der Waals surface area contributed by atoms with E-state index in [0.29, 0.717) is 13.2 Å². The molecule has 4 saturated heterocycles. The first-order chi connectivity index (χ1) is 22.0. The molecule has 46 heavy (non-hydrogen) atoms. The molecule has 5 aliphatic rings. The third-order valence-electron chi connectivity index (χ3n) is 10.7. The summed E-state index contributed by atoms with van der Waals surface area (Å²) in [6, 6.07) is 2.88. The van der Waals surface area contributed by atoms with Crippen LogP contribution in [0, 0.1) is 19.3 Å². The number of halogens is 1. The fourth-order valence-electron chi connectivity index (χ4n) is 8.47. The van der Waals surface area contributed by atoms with Crippen LogP contribution in [0.25, 0.3) is 22.0 Å². The molecule has 1 saturated carbocycles. The first kappa shape index (κ1) is 30.5. The number of piperazine rings is 1. The molecule has 1 unspecified atom stereocenters. The van der Waals surface area contributed by atoms with Gasteiger partial charge in [-0.25, -0.2) is 9.48 Å². The van der Waals surface area contributed by atoms with E-state index >= 15 is 0 Å². The summed E-state index contributed by atoms with van der Waals surface area (Å²) in [5, 5.41) is 15.7. The van der Waals surface area contributed by atoms with Gasteiger partial charge < -0.3 is 29.3 Å².